The fourth-order valence-electron chi connectivity index (χ4n) is 0.960. The van der Waals surface area contributed by atoms with Crippen LogP contribution in [0.5, 0.6) is 0 Å². The molecule has 1 aromatic carbocycles. The topological polar surface area (TPSA) is 42.9 Å². The molecule has 0 spiro atoms. The minimum Gasteiger partial charge on any atom is -0.281 e. The summed E-state index contributed by atoms with van der Waals surface area (Å²) in [6.07, 6.45) is 0. The van der Waals surface area contributed by atoms with Crippen LogP contribution in [0.2, 0.25) is 0 Å². The molecule has 60 valence electrons. The van der Waals surface area contributed by atoms with Crippen molar-refractivity contribution in [1.29, 1.82) is 0 Å². The van der Waals surface area contributed by atoms with Gasteiger partial charge in [0.15, 0.2) is 0 Å². The predicted octanol–water partition coefficient (Wildman–Crippen LogP) is 2.23. The van der Waals surface area contributed by atoms with Crippen LogP contribution in [0.25, 0.3) is 10.2 Å². The Morgan fingerprint density at radius 3 is 3.08 bits per heavy atom. The van der Waals surface area contributed by atoms with Crippen molar-refractivity contribution < 1.29 is 4.79 Å². The molecule has 0 aliphatic carbocycles. The van der Waals surface area contributed by atoms with Gasteiger partial charge in [-0.05, 0) is 39.6 Å². The summed E-state index contributed by atoms with van der Waals surface area (Å²) in [5.74, 6) is 0. The highest BCUT2D eigenvalue weighted by molar-refractivity contribution is 9.18. The Morgan fingerprint density at radius 1 is 1.50 bits per heavy atom. The van der Waals surface area contributed by atoms with Crippen LogP contribution in [-0.4, -0.2) is 14.3 Å². The molecule has 1 heterocycles. The molecule has 12 heavy (non-hydrogen) atoms. The highest BCUT2D eigenvalue weighted by Crippen LogP contribution is 2.21. The molecular weight excluding hydrogens is 240 g/mol. The van der Waals surface area contributed by atoms with Gasteiger partial charge in [-0.1, -0.05) is 10.6 Å². The maximum absolute atomic E-state index is 11.0. The third-order valence-electron chi connectivity index (χ3n) is 1.49. The van der Waals surface area contributed by atoms with Gasteiger partial charge in [-0.15, -0.1) is 5.10 Å². The van der Waals surface area contributed by atoms with E-state index in [1.807, 2.05) is 6.07 Å². The summed E-state index contributed by atoms with van der Waals surface area (Å²) in [6.45, 7) is 0. The van der Waals surface area contributed by atoms with E-state index in [2.05, 4.69) is 25.5 Å². The van der Waals surface area contributed by atoms with Crippen molar-refractivity contribution in [2.24, 2.45) is 0 Å². The number of benzene rings is 1. The Hall–Kier alpha value is -0.810. The predicted molar refractivity (Wildman–Crippen MR) is 50.7 cm³/mol. The molecule has 0 fully saturated rings. The molecule has 0 aliphatic heterocycles. The Kier molecular flexibility index (Phi) is 1.90. The van der Waals surface area contributed by atoms with E-state index in [9.17, 15) is 4.79 Å². The van der Waals surface area contributed by atoms with Gasteiger partial charge in [-0.2, -0.15) is 0 Å². The molecule has 3 nitrogen and oxygen atoms in total. The zero-order valence-electron chi connectivity index (χ0n) is 5.82. The van der Waals surface area contributed by atoms with Gasteiger partial charge in [0.25, 0.3) is 0 Å². The molecule has 0 aliphatic rings. The summed E-state index contributed by atoms with van der Waals surface area (Å²) in [4.78, 5) is 11.0. The highest BCUT2D eigenvalue weighted by Gasteiger charge is 2.08. The molecule has 2 aromatic rings. The molecule has 0 amide bonds. The molecular formula is C7H3BrN2OS. The van der Waals surface area contributed by atoms with E-state index < -0.39 is 0 Å². The zero-order valence-corrected chi connectivity index (χ0v) is 8.22. The number of nitrogens with zero attached hydrogens (tertiary/aromatic N) is 2. The zero-order chi connectivity index (χ0) is 8.55. The number of hydrogen-bond donors (Lipinski definition) is 0. The van der Waals surface area contributed by atoms with Crippen molar-refractivity contribution in [3.63, 3.8) is 0 Å². The summed E-state index contributed by atoms with van der Waals surface area (Å²) in [7, 11) is 0. The summed E-state index contributed by atoms with van der Waals surface area (Å²) in [5.41, 5.74) is 1.40. The minimum atomic E-state index is -0.126. The molecule has 1 aromatic heterocycles. The van der Waals surface area contributed by atoms with Crippen molar-refractivity contribution in [3.8, 4) is 0 Å². The molecule has 0 N–H and O–H groups in total. The van der Waals surface area contributed by atoms with Crippen LogP contribution in [0, 0.1) is 0 Å². The van der Waals surface area contributed by atoms with E-state index in [1.54, 1.807) is 12.1 Å². The van der Waals surface area contributed by atoms with Gasteiger partial charge < -0.3 is 0 Å². The smallest absolute Gasteiger partial charge is 0.229 e. The third kappa shape index (κ3) is 1.15. The van der Waals surface area contributed by atoms with Gasteiger partial charge >= 0.3 is 0 Å². The van der Waals surface area contributed by atoms with Crippen LogP contribution in [-0.2, 0) is 0 Å². The number of carbonyl (C=O) groups is 1. The first kappa shape index (κ1) is 7.82. The molecule has 0 saturated carbocycles. The highest BCUT2D eigenvalue weighted by atomic mass is 79.9. The Bertz CT molecular complexity index is 440. The van der Waals surface area contributed by atoms with E-state index >= 15 is 0 Å². The number of hydrogen-bond acceptors (Lipinski definition) is 4. The molecule has 0 atom stereocenters. The molecule has 0 radical (unpaired) electrons. The Balaban J connectivity index is 2.82. The SMILES string of the molecule is O=C(Br)c1cccc2nnsc12. The van der Waals surface area contributed by atoms with Gasteiger partial charge in [0.05, 0.1) is 10.3 Å². The van der Waals surface area contributed by atoms with Crippen molar-refractivity contribution in [2.75, 3.05) is 0 Å². The summed E-state index contributed by atoms with van der Waals surface area (Å²) >= 11 is 4.13. The van der Waals surface area contributed by atoms with Crippen LogP contribution in [0.15, 0.2) is 18.2 Å². The average Bonchev–Trinajstić information content (AvgIpc) is 2.49. The first-order valence-corrected chi connectivity index (χ1v) is 4.76. The summed E-state index contributed by atoms with van der Waals surface area (Å²) in [6, 6.07) is 5.37. The fourth-order valence-corrected chi connectivity index (χ4v) is 2.09. The number of carbonyl (C=O) groups excluding carboxylic acids is 1. The van der Waals surface area contributed by atoms with E-state index in [0.717, 1.165) is 10.2 Å². The number of fused-ring (bicyclic) bond motifs is 1. The van der Waals surface area contributed by atoms with Crippen LogP contribution in [0.1, 0.15) is 10.4 Å². The maximum atomic E-state index is 11.0. The second-order valence-electron chi connectivity index (χ2n) is 2.20. The quantitative estimate of drug-likeness (QED) is 0.721. The number of aromatic nitrogens is 2. The Labute approximate surface area is 80.7 Å². The lowest BCUT2D eigenvalue weighted by Crippen LogP contribution is -1.86. The van der Waals surface area contributed by atoms with E-state index in [-0.39, 0.29) is 4.69 Å². The molecule has 5 heteroatoms. The lowest BCUT2D eigenvalue weighted by molar-refractivity contribution is 0.109. The number of halogens is 1. The lowest BCUT2D eigenvalue weighted by Gasteiger charge is -1.92. The molecule has 0 saturated heterocycles. The molecule has 0 unspecified atom stereocenters. The van der Waals surface area contributed by atoms with Gasteiger partial charge in [-0.3, -0.25) is 4.79 Å². The fraction of sp³-hybridized carbons (Fsp3) is 0. The largest absolute Gasteiger partial charge is 0.281 e. The van der Waals surface area contributed by atoms with Crippen LogP contribution < -0.4 is 0 Å². The van der Waals surface area contributed by atoms with E-state index in [0.29, 0.717) is 5.56 Å². The summed E-state index contributed by atoms with van der Waals surface area (Å²) in [5, 5.41) is 3.86. The molecule has 0 bridgehead atoms. The van der Waals surface area contributed by atoms with Crippen molar-refractivity contribution in [2.45, 2.75) is 0 Å². The van der Waals surface area contributed by atoms with Gasteiger partial charge in [0.1, 0.15) is 5.52 Å². The van der Waals surface area contributed by atoms with Crippen molar-refractivity contribution in [1.82, 2.24) is 9.59 Å². The maximum Gasteiger partial charge on any atom is 0.229 e. The van der Waals surface area contributed by atoms with Crippen molar-refractivity contribution in [3.05, 3.63) is 23.8 Å². The monoisotopic (exact) mass is 242 g/mol. The van der Waals surface area contributed by atoms with E-state index in [1.165, 1.54) is 11.5 Å². The Morgan fingerprint density at radius 2 is 2.33 bits per heavy atom. The van der Waals surface area contributed by atoms with Crippen LogP contribution in [0.3, 0.4) is 0 Å². The van der Waals surface area contributed by atoms with Gasteiger partial charge in [0.2, 0.25) is 4.69 Å². The summed E-state index contributed by atoms with van der Waals surface area (Å²) < 4.78 is 4.47. The lowest BCUT2D eigenvalue weighted by atomic mass is 10.2. The van der Waals surface area contributed by atoms with Crippen molar-refractivity contribution >= 4 is 42.4 Å². The second kappa shape index (κ2) is 2.91. The molecule has 2 rings (SSSR count). The third-order valence-corrected chi connectivity index (χ3v) is 2.69. The van der Waals surface area contributed by atoms with Crippen LogP contribution in [0.4, 0.5) is 0 Å². The van der Waals surface area contributed by atoms with Gasteiger partial charge in [0, 0.05) is 0 Å². The first-order valence-electron chi connectivity index (χ1n) is 3.20. The average molecular weight is 243 g/mol. The van der Waals surface area contributed by atoms with Crippen LogP contribution >= 0.6 is 27.5 Å². The van der Waals surface area contributed by atoms with Gasteiger partial charge in [-0.25, -0.2) is 0 Å². The number of rotatable bonds is 1. The standard InChI is InChI=1S/C7H3BrN2OS/c8-7(11)4-2-1-3-5-6(4)12-10-9-5/h1-3H. The minimum absolute atomic E-state index is 0.126. The normalized spacial score (nSPS) is 10.4. The van der Waals surface area contributed by atoms with E-state index in [4.69, 9.17) is 0 Å². The second-order valence-corrected chi connectivity index (χ2v) is 3.67. The first-order chi connectivity index (χ1) is 5.79.